The lowest BCUT2D eigenvalue weighted by atomic mass is 10.1. The van der Waals surface area contributed by atoms with E-state index < -0.39 is 0 Å². The number of nitrogens with zero attached hydrogens (tertiary/aromatic N) is 1. The third-order valence-electron chi connectivity index (χ3n) is 2.25. The van der Waals surface area contributed by atoms with Crippen LogP contribution in [0, 0.1) is 6.92 Å². The first-order valence-corrected chi connectivity index (χ1v) is 5.04. The van der Waals surface area contributed by atoms with Crippen LogP contribution in [0.3, 0.4) is 0 Å². The largest absolute Gasteiger partial charge is 0.277 e. The molecule has 80 valence electrons. The number of fused-ring (bicyclic) bond motifs is 1. The van der Waals surface area contributed by atoms with Crippen molar-refractivity contribution in [3.05, 3.63) is 34.9 Å². The maximum atomic E-state index is 11.5. The molecule has 1 aliphatic heterocycles. The molecule has 3 heteroatoms. The van der Waals surface area contributed by atoms with Crippen molar-refractivity contribution >= 4 is 11.8 Å². The van der Waals surface area contributed by atoms with Crippen LogP contribution in [0.15, 0.2) is 18.2 Å². The molecular formula is C12H15NO2. The summed E-state index contributed by atoms with van der Waals surface area (Å²) in [6, 6.07) is 5.29. The van der Waals surface area contributed by atoms with E-state index in [9.17, 15) is 9.59 Å². The maximum Gasteiger partial charge on any atom is 0.261 e. The van der Waals surface area contributed by atoms with Gasteiger partial charge in [-0.2, -0.15) is 0 Å². The molecule has 0 fully saturated rings. The molecule has 0 saturated heterocycles. The standard InChI is InChI=1S/C10H9NO2.C2H6/c1-6-3-4-7-8(5-6)10(13)11(2)9(7)12;1-2/h3-5H,1-2H3;1-2H3. The molecule has 1 aromatic carbocycles. The van der Waals surface area contributed by atoms with E-state index in [1.807, 2.05) is 26.8 Å². The van der Waals surface area contributed by atoms with Crippen LogP contribution in [-0.2, 0) is 0 Å². The number of carbonyl (C=O) groups excluding carboxylic acids is 2. The molecule has 2 rings (SSSR count). The highest BCUT2D eigenvalue weighted by Gasteiger charge is 2.32. The van der Waals surface area contributed by atoms with Crippen molar-refractivity contribution in [2.45, 2.75) is 20.8 Å². The summed E-state index contributed by atoms with van der Waals surface area (Å²) in [6.07, 6.45) is 0. The van der Waals surface area contributed by atoms with Crippen LogP contribution in [0.4, 0.5) is 0 Å². The topological polar surface area (TPSA) is 37.4 Å². The van der Waals surface area contributed by atoms with Gasteiger partial charge in [0.05, 0.1) is 11.1 Å². The number of hydrogen-bond donors (Lipinski definition) is 0. The van der Waals surface area contributed by atoms with Crippen molar-refractivity contribution in [1.29, 1.82) is 0 Å². The van der Waals surface area contributed by atoms with E-state index in [0.29, 0.717) is 11.1 Å². The summed E-state index contributed by atoms with van der Waals surface area (Å²) in [7, 11) is 1.50. The van der Waals surface area contributed by atoms with Gasteiger partial charge in [-0.25, -0.2) is 0 Å². The minimum atomic E-state index is -0.208. The lowest BCUT2D eigenvalue weighted by Gasteiger charge is -2.02. The molecule has 1 heterocycles. The van der Waals surface area contributed by atoms with E-state index in [4.69, 9.17) is 0 Å². The van der Waals surface area contributed by atoms with Crippen LogP contribution in [-0.4, -0.2) is 23.8 Å². The van der Waals surface area contributed by atoms with Crippen molar-refractivity contribution in [3.8, 4) is 0 Å². The average Bonchev–Trinajstić information content (AvgIpc) is 2.47. The molecule has 0 aromatic heterocycles. The molecule has 0 saturated carbocycles. The first-order valence-electron chi connectivity index (χ1n) is 5.04. The van der Waals surface area contributed by atoms with Crippen LogP contribution >= 0.6 is 0 Å². The summed E-state index contributed by atoms with van der Waals surface area (Å²) < 4.78 is 0. The summed E-state index contributed by atoms with van der Waals surface area (Å²) in [5.74, 6) is -0.413. The van der Waals surface area contributed by atoms with Crippen LogP contribution < -0.4 is 0 Å². The Hall–Kier alpha value is -1.64. The first kappa shape index (κ1) is 11.4. The van der Waals surface area contributed by atoms with Gasteiger partial charge in [0, 0.05) is 7.05 Å². The Labute approximate surface area is 89.7 Å². The molecular weight excluding hydrogens is 190 g/mol. The highest BCUT2D eigenvalue weighted by atomic mass is 16.2. The third-order valence-corrected chi connectivity index (χ3v) is 2.25. The normalized spacial score (nSPS) is 13.5. The fourth-order valence-electron chi connectivity index (χ4n) is 1.48. The Morgan fingerprint density at radius 3 is 2.13 bits per heavy atom. The van der Waals surface area contributed by atoms with Crippen LogP contribution in [0.5, 0.6) is 0 Å². The Morgan fingerprint density at radius 2 is 1.53 bits per heavy atom. The van der Waals surface area contributed by atoms with Gasteiger partial charge in [-0.1, -0.05) is 25.5 Å². The third kappa shape index (κ3) is 1.77. The number of amides is 2. The van der Waals surface area contributed by atoms with Crippen molar-refractivity contribution < 1.29 is 9.59 Å². The second-order valence-corrected chi connectivity index (χ2v) is 3.22. The second-order valence-electron chi connectivity index (χ2n) is 3.22. The first-order chi connectivity index (χ1) is 7.11. The lowest BCUT2D eigenvalue weighted by molar-refractivity contribution is 0.0693. The fraction of sp³-hybridized carbons (Fsp3) is 0.333. The number of hydrogen-bond acceptors (Lipinski definition) is 2. The number of imide groups is 1. The van der Waals surface area contributed by atoms with Gasteiger partial charge >= 0.3 is 0 Å². The van der Waals surface area contributed by atoms with Gasteiger partial charge in [-0.15, -0.1) is 0 Å². The summed E-state index contributed by atoms with van der Waals surface area (Å²) in [6.45, 7) is 5.90. The highest BCUT2D eigenvalue weighted by molar-refractivity contribution is 6.21. The minimum absolute atomic E-state index is 0.205. The van der Waals surface area contributed by atoms with Gasteiger partial charge in [-0.05, 0) is 19.1 Å². The van der Waals surface area contributed by atoms with Crippen molar-refractivity contribution in [1.82, 2.24) is 4.90 Å². The highest BCUT2D eigenvalue weighted by Crippen LogP contribution is 2.21. The minimum Gasteiger partial charge on any atom is -0.277 e. The smallest absolute Gasteiger partial charge is 0.261 e. The molecule has 0 atom stereocenters. The number of benzene rings is 1. The van der Waals surface area contributed by atoms with Gasteiger partial charge < -0.3 is 0 Å². The Kier molecular flexibility index (Phi) is 3.24. The molecule has 0 bridgehead atoms. The maximum absolute atomic E-state index is 11.5. The van der Waals surface area contributed by atoms with E-state index in [0.717, 1.165) is 10.5 Å². The Morgan fingerprint density at radius 1 is 1.00 bits per heavy atom. The van der Waals surface area contributed by atoms with Gasteiger partial charge in [-0.3, -0.25) is 14.5 Å². The number of aryl methyl sites for hydroxylation is 1. The van der Waals surface area contributed by atoms with Gasteiger partial charge in [0.2, 0.25) is 0 Å². The zero-order valence-corrected chi connectivity index (χ0v) is 9.50. The Bertz CT molecular complexity index is 410. The molecule has 0 unspecified atom stereocenters. The van der Waals surface area contributed by atoms with Gasteiger partial charge in [0.15, 0.2) is 0 Å². The van der Waals surface area contributed by atoms with Gasteiger partial charge in [0.25, 0.3) is 11.8 Å². The number of carbonyl (C=O) groups is 2. The van der Waals surface area contributed by atoms with Crippen LogP contribution in [0.1, 0.15) is 40.1 Å². The molecule has 1 aromatic rings. The molecule has 3 nitrogen and oxygen atoms in total. The SMILES string of the molecule is CC.Cc1ccc2c(c1)C(=O)N(C)C2=O. The van der Waals surface area contributed by atoms with Crippen molar-refractivity contribution in [2.75, 3.05) is 7.05 Å². The quantitative estimate of drug-likeness (QED) is 0.609. The predicted molar refractivity (Wildman–Crippen MR) is 59.0 cm³/mol. The van der Waals surface area contributed by atoms with E-state index in [1.165, 1.54) is 7.05 Å². The summed E-state index contributed by atoms with van der Waals surface area (Å²) in [5.41, 5.74) is 2.03. The molecule has 15 heavy (non-hydrogen) atoms. The van der Waals surface area contributed by atoms with E-state index >= 15 is 0 Å². The monoisotopic (exact) mass is 205 g/mol. The Balaban J connectivity index is 0.000000531. The summed E-state index contributed by atoms with van der Waals surface area (Å²) >= 11 is 0. The zero-order valence-electron chi connectivity index (χ0n) is 9.50. The summed E-state index contributed by atoms with van der Waals surface area (Å²) in [5, 5.41) is 0. The van der Waals surface area contributed by atoms with Crippen LogP contribution in [0.25, 0.3) is 0 Å². The average molecular weight is 205 g/mol. The van der Waals surface area contributed by atoms with Crippen molar-refractivity contribution in [3.63, 3.8) is 0 Å². The predicted octanol–water partition coefficient (Wildman–Crippen LogP) is 2.25. The van der Waals surface area contributed by atoms with Crippen molar-refractivity contribution in [2.24, 2.45) is 0 Å². The second kappa shape index (κ2) is 4.26. The van der Waals surface area contributed by atoms with E-state index in [2.05, 4.69) is 0 Å². The van der Waals surface area contributed by atoms with Crippen LogP contribution in [0.2, 0.25) is 0 Å². The van der Waals surface area contributed by atoms with E-state index in [-0.39, 0.29) is 11.8 Å². The molecule has 0 aliphatic carbocycles. The summed E-state index contributed by atoms with van der Waals surface area (Å²) in [4.78, 5) is 24.0. The molecule has 2 amide bonds. The van der Waals surface area contributed by atoms with E-state index in [1.54, 1.807) is 12.1 Å². The zero-order chi connectivity index (χ0) is 11.6. The molecule has 0 radical (unpaired) electrons. The lowest BCUT2D eigenvalue weighted by Crippen LogP contribution is -2.24. The fourth-order valence-corrected chi connectivity index (χ4v) is 1.48. The molecule has 1 aliphatic rings. The molecule has 0 N–H and O–H groups in total. The van der Waals surface area contributed by atoms with Gasteiger partial charge in [0.1, 0.15) is 0 Å². The molecule has 0 spiro atoms. The number of rotatable bonds is 0.